The number of benzene rings is 1. The molecular formula is C18H23NO2S2. The third kappa shape index (κ3) is 3.52. The molecule has 1 unspecified atom stereocenters. The molecule has 3 rings (SSSR count). The zero-order valence-corrected chi connectivity index (χ0v) is 15.2. The molecule has 1 aliphatic heterocycles. The van der Waals surface area contributed by atoms with Crippen LogP contribution >= 0.6 is 11.3 Å². The number of hydrogen-bond acceptors (Lipinski definition) is 3. The largest absolute Gasteiger partial charge is 0.214 e. The number of rotatable bonds is 5. The average Bonchev–Trinajstić information content (AvgIpc) is 3.01. The van der Waals surface area contributed by atoms with Gasteiger partial charge in [-0.05, 0) is 41.3 Å². The summed E-state index contributed by atoms with van der Waals surface area (Å²) in [5, 5.41) is 2.07. The van der Waals surface area contributed by atoms with Gasteiger partial charge in [-0.1, -0.05) is 44.2 Å². The first-order valence-electron chi connectivity index (χ1n) is 8.10. The molecule has 2 heterocycles. The van der Waals surface area contributed by atoms with Gasteiger partial charge in [-0.2, -0.15) is 4.31 Å². The van der Waals surface area contributed by atoms with E-state index < -0.39 is 10.0 Å². The van der Waals surface area contributed by atoms with Crippen LogP contribution in [0.15, 0.2) is 41.8 Å². The van der Waals surface area contributed by atoms with E-state index in [1.54, 1.807) is 15.6 Å². The Kier molecular flexibility index (Phi) is 4.90. The second-order valence-corrected chi connectivity index (χ2v) is 9.51. The smallest absolute Gasteiger partial charge is 0.212 e. The predicted molar refractivity (Wildman–Crippen MR) is 96.3 cm³/mol. The maximum absolute atomic E-state index is 12.9. The van der Waals surface area contributed by atoms with Crippen LogP contribution in [0.2, 0.25) is 0 Å². The zero-order chi connectivity index (χ0) is 16.4. The molecule has 0 amide bonds. The zero-order valence-electron chi connectivity index (χ0n) is 13.6. The summed E-state index contributed by atoms with van der Waals surface area (Å²) in [5.74, 6) is 0.620. The van der Waals surface area contributed by atoms with E-state index >= 15 is 0 Å². The minimum atomic E-state index is -3.26. The van der Waals surface area contributed by atoms with Crippen LogP contribution in [0, 0.1) is 5.92 Å². The van der Waals surface area contributed by atoms with Gasteiger partial charge in [0.2, 0.25) is 10.0 Å². The van der Waals surface area contributed by atoms with E-state index in [0.717, 1.165) is 17.5 Å². The van der Waals surface area contributed by atoms with Gasteiger partial charge < -0.3 is 0 Å². The van der Waals surface area contributed by atoms with Crippen molar-refractivity contribution in [2.24, 2.45) is 5.92 Å². The number of sulfonamides is 1. The van der Waals surface area contributed by atoms with Crippen molar-refractivity contribution in [3.05, 3.63) is 57.8 Å². The third-order valence-electron chi connectivity index (χ3n) is 4.35. The topological polar surface area (TPSA) is 37.4 Å². The van der Waals surface area contributed by atoms with Gasteiger partial charge >= 0.3 is 0 Å². The van der Waals surface area contributed by atoms with Gasteiger partial charge in [-0.15, -0.1) is 11.3 Å². The highest BCUT2D eigenvalue weighted by Gasteiger charge is 2.36. The number of nitrogens with zero attached hydrogens (tertiary/aromatic N) is 1. The van der Waals surface area contributed by atoms with E-state index in [9.17, 15) is 8.42 Å². The van der Waals surface area contributed by atoms with Gasteiger partial charge in [0.05, 0.1) is 11.8 Å². The molecule has 0 N–H and O–H groups in total. The lowest BCUT2D eigenvalue weighted by Gasteiger charge is -2.35. The Morgan fingerprint density at radius 3 is 2.65 bits per heavy atom. The Morgan fingerprint density at radius 2 is 1.96 bits per heavy atom. The molecule has 3 nitrogen and oxygen atoms in total. The van der Waals surface area contributed by atoms with Crippen LogP contribution in [-0.2, 0) is 16.4 Å². The van der Waals surface area contributed by atoms with Crippen molar-refractivity contribution in [1.82, 2.24) is 4.31 Å². The maximum atomic E-state index is 12.9. The molecule has 1 aromatic carbocycles. The Labute approximate surface area is 143 Å². The van der Waals surface area contributed by atoms with Gasteiger partial charge in [-0.3, -0.25) is 0 Å². The van der Waals surface area contributed by atoms with Crippen molar-refractivity contribution in [2.75, 3.05) is 12.3 Å². The van der Waals surface area contributed by atoms with E-state index in [1.807, 2.05) is 30.3 Å². The lowest BCUT2D eigenvalue weighted by molar-refractivity contribution is 0.345. The second-order valence-electron chi connectivity index (χ2n) is 6.47. The Bertz CT molecular complexity index is 750. The number of fused-ring (bicyclic) bond motifs is 1. The Hall–Kier alpha value is -1.17. The summed E-state index contributed by atoms with van der Waals surface area (Å²) in [6, 6.07) is 11.9. The highest BCUT2D eigenvalue weighted by atomic mass is 32.2. The summed E-state index contributed by atoms with van der Waals surface area (Å²) < 4.78 is 27.6. The molecule has 0 bridgehead atoms. The molecule has 0 radical (unpaired) electrons. The number of thiophene rings is 1. The van der Waals surface area contributed by atoms with Gasteiger partial charge in [0.15, 0.2) is 0 Å². The van der Waals surface area contributed by atoms with E-state index in [1.165, 1.54) is 4.88 Å². The quantitative estimate of drug-likeness (QED) is 0.816. The van der Waals surface area contributed by atoms with Gasteiger partial charge in [0, 0.05) is 11.4 Å². The summed E-state index contributed by atoms with van der Waals surface area (Å²) in [6.07, 6.45) is 1.52. The standard InChI is InChI=1S/C18H23NO2S2/c1-14(2)10-13-23(20,21)19-11-8-17-16(9-12-22-17)18(19)15-6-4-3-5-7-15/h3-7,9,12,14,18H,8,10-11,13H2,1-2H3. The highest BCUT2D eigenvalue weighted by Crippen LogP contribution is 2.39. The van der Waals surface area contributed by atoms with Crippen LogP contribution in [0.1, 0.15) is 42.3 Å². The molecular weight excluding hydrogens is 326 g/mol. The first-order chi connectivity index (χ1) is 11.0. The SMILES string of the molecule is CC(C)CCS(=O)(=O)N1CCc2sccc2C1c1ccccc1. The normalized spacial score (nSPS) is 19.0. The minimum absolute atomic E-state index is 0.177. The minimum Gasteiger partial charge on any atom is -0.212 e. The lowest BCUT2D eigenvalue weighted by Crippen LogP contribution is -2.41. The van der Waals surface area contributed by atoms with Crippen LogP contribution in [0.5, 0.6) is 0 Å². The van der Waals surface area contributed by atoms with Crippen LogP contribution in [0.3, 0.4) is 0 Å². The molecule has 0 fully saturated rings. The lowest BCUT2D eigenvalue weighted by atomic mass is 9.95. The summed E-state index contributed by atoms with van der Waals surface area (Å²) in [6.45, 7) is 4.71. The van der Waals surface area contributed by atoms with Crippen LogP contribution < -0.4 is 0 Å². The first-order valence-corrected chi connectivity index (χ1v) is 10.6. The van der Waals surface area contributed by atoms with Crippen molar-refractivity contribution in [3.63, 3.8) is 0 Å². The van der Waals surface area contributed by atoms with Gasteiger partial charge in [-0.25, -0.2) is 8.42 Å². The Balaban J connectivity index is 1.99. The molecule has 2 aromatic rings. The van der Waals surface area contributed by atoms with Crippen molar-refractivity contribution >= 4 is 21.4 Å². The van der Waals surface area contributed by atoms with Crippen LogP contribution in [0.25, 0.3) is 0 Å². The second kappa shape index (κ2) is 6.75. The molecule has 1 aromatic heterocycles. The molecule has 0 aliphatic carbocycles. The van der Waals surface area contributed by atoms with E-state index in [-0.39, 0.29) is 11.8 Å². The van der Waals surface area contributed by atoms with Gasteiger partial charge in [0.25, 0.3) is 0 Å². The maximum Gasteiger partial charge on any atom is 0.214 e. The molecule has 1 aliphatic rings. The molecule has 0 saturated heterocycles. The third-order valence-corrected chi connectivity index (χ3v) is 7.20. The van der Waals surface area contributed by atoms with E-state index in [0.29, 0.717) is 18.9 Å². The Morgan fingerprint density at radius 1 is 1.22 bits per heavy atom. The monoisotopic (exact) mass is 349 g/mol. The van der Waals surface area contributed by atoms with Crippen molar-refractivity contribution in [3.8, 4) is 0 Å². The molecule has 5 heteroatoms. The fraction of sp³-hybridized carbons (Fsp3) is 0.444. The fourth-order valence-electron chi connectivity index (χ4n) is 3.08. The summed E-state index contributed by atoms with van der Waals surface area (Å²) >= 11 is 1.73. The number of hydrogen-bond donors (Lipinski definition) is 0. The van der Waals surface area contributed by atoms with Crippen molar-refractivity contribution < 1.29 is 8.42 Å². The molecule has 23 heavy (non-hydrogen) atoms. The van der Waals surface area contributed by atoms with Crippen molar-refractivity contribution in [1.29, 1.82) is 0 Å². The van der Waals surface area contributed by atoms with Crippen molar-refractivity contribution in [2.45, 2.75) is 32.7 Å². The first kappa shape index (κ1) is 16.7. The summed E-state index contributed by atoms with van der Waals surface area (Å²) in [4.78, 5) is 1.31. The summed E-state index contributed by atoms with van der Waals surface area (Å²) in [5.41, 5.74) is 2.21. The van der Waals surface area contributed by atoms with Crippen LogP contribution in [0.4, 0.5) is 0 Å². The van der Waals surface area contributed by atoms with Gasteiger partial charge in [0.1, 0.15) is 0 Å². The predicted octanol–water partition coefficient (Wildman–Crippen LogP) is 4.07. The average molecular weight is 350 g/mol. The van der Waals surface area contributed by atoms with Crippen LogP contribution in [-0.4, -0.2) is 25.0 Å². The molecule has 1 atom stereocenters. The fourth-order valence-corrected chi connectivity index (χ4v) is 5.91. The van der Waals surface area contributed by atoms with E-state index in [4.69, 9.17) is 0 Å². The molecule has 0 saturated carbocycles. The summed E-state index contributed by atoms with van der Waals surface area (Å²) in [7, 11) is -3.26. The highest BCUT2D eigenvalue weighted by molar-refractivity contribution is 7.89. The van der Waals surface area contributed by atoms with E-state index in [2.05, 4.69) is 25.3 Å². The molecule has 124 valence electrons. The molecule has 0 spiro atoms.